The standard InChI is InChI=1S/C14H24BrN3O/c1-3-10-14(15)12(18(4-2)17-10)9-13(19)11-7-5-6-8-16-11/h11,13,16,19H,3-9H2,1-2H3. The molecule has 2 atom stereocenters. The van der Waals surface area contributed by atoms with E-state index < -0.39 is 0 Å². The summed E-state index contributed by atoms with van der Waals surface area (Å²) in [5.74, 6) is 0. The van der Waals surface area contributed by atoms with Gasteiger partial charge in [0.25, 0.3) is 0 Å². The maximum absolute atomic E-state index is 10.4. The van der Waals surface area contributed by atoms with Crippen molar-refractivity contribution in [1.82, 2.24) is 15.1 Å². The van der Waals surface area contributed by atoms with Crippen molar-refractivity contribution in [3.8, 4) is 0 Å². The predicted octanol–water partition coefficient (Wildman–Crippen LogP) is 2.27. The minimum Gasteiger partial charge on any atom is -0.391 e. The molecule has 4 nitrogen and oxygen atoms in total. The van der Waals surface area contributed by atoms with Crippen LogP contribution in [0.3, 0.4) is 0 Å². The first kappa shape index (κ1) is 15.0. The molecule has 1 aliphatic heterocycles. The van der Waals surface area contributed by atoms with Gasteiger partial charge < -0.3 is 10.4 Å². The highest BCUT2D eigenvalue weighted by atomic mass is 79.9. The first-order valence-electron chi connectivity index (χ1n) is 7.32. The van der Waals surface area contributed by atoms with Crippen molar-refractivity contribution in [2.24, 2.45) is 0 Å². The van der Waals surface area contributed by atoms with Gasteiger partial charge in [0.05, 0.1) is 22.0 Å². The van der Waals surface area contributed by atoms with Gasteiger partial charge in [-0.3, -0.25) is 4.68 Å². The molecule has 2 rings (SSSR count). The Bertz CT molecular complexity index is 413. The number of aliphatic hydroxyl groups excluding tert-OH is 1. The molecule has 0 aliphatic carbocycles. The molecular weight excluding hydrogens is 306 g/mol. The van der Waals surface area contributed by atoms with Gasteiger partial charge in [-0.25, -0.2) is 0 Å². The lowest BCUT2D eigenvalue weighted by molar-refractivity contribution is 0.111. The van der Waals surface area contributed by atoms with Gasteiger partial charge >= 0.3 is 0 Å². The normalized spacial score (nSPS) is 21.6. The van der Waals surface area contributed by atoms with Crippen LogP contribution in [0.5, 0.6) is 0 Å². The van der Waals surface area contributed by atoms with Crippen molar-refractivity contribution in [3.05, 3.63) is 15.9 Å². The van der Waals surface area contributed by atoms with Crippen LogP contribution in [-0.4, -0.2) is 33.6 Å². The molecule has 2 unspecified atom stereocenters. The highest BCUT2D eigenvalue weighted by Crippen LogP contribution is 2.25. The number of aryl methyl sites for hydroxylation is 2. The minimum atomic E-state index is -0.330. The quantitative estimate of drug-likeness (QED) is 0.871. The number of nitrogens with one attached hydrogen (secondary N) is 1. The number of nitrogens with zero attached hydrogens (tertiary/aromatic N) is 2. The molecule has 1 aliphatic rings. The van der Waals surface area contributed by atoms with Crippen LogP contribution < -0.4 is 5.32 Å². The van der Waals surface area contributed by atoms with Crippen molar-refractivity contribution < 1.29 is 5.11 Å². The maximum Gasteiger partial charge on any atom is 0.0766 e. The van der Waals surface area contributed by atoms with Crippen LogP contribution in [-0.2, 0) is 19.4 Å². The summed E-state index contributed by atoms with van der Waals surface area (Å²) in [4.78, 5) is 0. The fourth-order valence-corrected chi connectivity index (χ4v) is 3.49. The molecule has 1 aromatic heterocycles. The van der Waals surface area contributed by atoms with Crippen LogP contribution >= 0.6 is 15.9 Å². The van der Waals surface area contributed by atoms with E-state index in [0.29, 0.717) is 6.42 Å². The van der Waals surface area contributed by atoms with Crippen LogP contribution in [0.15, 0.2) is 4.47 Å². The molecule has 19 heavy (non-hydrogen) atoms. The molecule has 0 bridgehead atoms. The zero-order valence-corrected chi connectivity index (χ0v) is 13.4. The largest absolute Gasteiger partial charge is 0.391 e. The summed E-state index contributed by atoms with van der Waals surface area (Å²) in [5.41, 5.74) is 2.21. The number of hydrogen-bond donors (Lipinski definition) is 2. The Hall–Kier alpha value is -0.390. The Morgan fingerprint density at radius 2 is 2.26 bits per heavy atom. The Labute approximate surface area is 123 Å². The van der Waals surface area contributed by atoms with Gasteiger partial charge in [0, 0.05) is 19.0 Å². The summed E-state index contributed by atoms with van der Waals surface area (Å²) in [5, 5.41) is 18.4. The highest BCUT2D eigenvalue weighted by molar-refractivity contribution is 9.10. The summed E-state index contributed by atoms with van der Waals surface area (Å²) < 4.78 is 3.08. The van der Waals surface area contributed by atoms with Crippen LogP contribution in [0.1, 0.15) is 44.5 Å². The van der Waals surface area contributed by atoms with E-state index in [9.17, 15) is 5.11 Å². The van der Waals surface area contributed by atoms with Gasteiger partial charge in [-0.2, -0.15) is 5.10 Å². The topological polar surface area (TPSA) is 50.1 Å². The van der Waals surface area contributed by atoms with E-state index >= 15 is 0 Å². The fraction of sp³-hybridized carbons (Fsp3) is 0.786. The monoisotopic (exact) mass is 329 g/mol. The van der Waals surface area contributed by atoms with Crippen molar-refractivity contribution in [3.63, 3.8) is 0 Å². The van der Waals surface area contributed by atoms with Crippen LogP contribution in [0, 0.1) is 0 Å². The molecule has 1 saturated heterocycles. The molecule has 0 aromatic carbocycles. The van der Waals surface area contributed by atoms with Gasteiger partial charge in [0.1, 0.15) is 0 Å². The van der Waals surface area contributed by atoms with Gasteiger partial charge in [-0.15, -0.1) is 0 Å². The molecule has 1 fully saturated rings. The molecule has 1 aromatic rings. The Balaban J connectivity index is 2.10. The molecule has 2 heterocycles. The van der Waals surface area contributed by atoms with Gasteiger partial charge in [0.15, 0.2) is 0 Å². The summed E-state index contributed by atoms with van der Waals surface area (Å²) >= 11 is 3.64. The van der Waals surface area contributed by atoms with Crippen LogP contribution in [0.25, 0.3) is 0 Å². The van der Waals surface area contributed by atoms with Crippen molar-refractivity contribution in [2.45, 2.75) is 64.6 Å². The van der Waals surface area contributed by atoms with E-state index in [4.69, 9.17) is 0 Å². The zero-order valence-electron chi connectivity index (χ0n) is 11.8. The summed E-state index contributed by atoms with van der Waals surface area (Å²) in [6.45, 7) is 6.07. The third kappa shape index (κ3) is 3.38. The lowest BCUT2D eigenvalue weighted by Crippen LogP contribution is -2.44. The summed E-state index contributed by atoms with van der Waals surface area (Å²) in [7, 11) is 0. The van der Waals surface area contributed by atoms with Crippen LogP contribution in [0.4, 0.5) is 0 Å². The van der Waals surface area contributed by atoms with Crippen molar-refractivity contribution in [2.75, 3.05) is 6.54 Å². The van der Waals surface area contributed by atoms with Crippen LogP contribution in [0.2, 0.25) is 0 Å². The molecule has 5 heteroatoms. The second kappa shape index (κ2) is 6.86. The number of aromatic nitrogens is 2. The van der Waals surface area contributed by atoms with E-state index in [1.54, 1.807) is 0 Å². The van der Waals surface area contributed by atoms with E-state index in [1.807, 2.05) is 4.68 Å². The number of hydrogen-bond acceptors (Lipinski definition) is 3. The fourth-order valence-electron chi connectivity index (χ4n) is 2.76. The molecule has 0 saturated carbocycles. The SMILES string of the molecule is CCc1nn(CC)c(CC(O)C2CCCCN2)c1Br. The number of halogens is 1. The number of aliphatic hydroxyl groups is 1. The van der Waals surface area contributed by atoms with Gasteiger partial charge in [-0.05, 0) is 48.7 Å². The summed E-state index contributed by atoms with van der Waals surface area (Å²) in [6.07, 6.45) is 4.75. The Morgan fingerprint density at radius 3 is 2.84 bits per heavy atom. The van der Waals surface area contributed by atoms with E-state index in [1.165, 1.54) is 12.8 Å². The van der Waals surface area contributed by atoms with Gasteiger partial charge in [0.2, 0.25) is 0 Å². The van der Waals surface area contributed by atoms with E-state index in [2.05, 4.69) is 40.2 Å². The van der Waals surface area contributed by atoms with Crippen molar-refractivity contribution in [1.29, 1.82) is 0 Å². The zero-order chi connectivity index (χ0) is 13.8. The average molecular weight is 330 g/mol. The lowest BCUT2D eigenvalue weighted by Gasteiger charge is -2.28. The van der Waals surface area contributed by atoms with Gasteiger partial charge in [-0.1, -0.05) is 13.3 Å². The third-order valence-electron chi connectivity index (χ3n) is 3.91. The predicted molar refractivity (Wildman–Crippen MR) is 80.3 cm³/mol. The summed E-state index contributed by atoms with van der Waals surface area (Å²) in [6, 6.07) is 0.228. The first-order chi connectivity index (χ1) is 9.17. The lowest BCUT2D eigenvalue weighted by atomic mass is 9.97. The molecule has 108 valence electrons. The molecule has 0 radical (unpaired) electrons. The molecular formula is C14H24BrN3O. The second-order valence-electron chi connectivity index (χ2n) is 5.20. The molecule has 0 spiro atoms. The Morgan fingerprint density at radius 1 is 1.47 bits per heavy atom. The number of piperidine rings is 1. The maximum atomic E-state index is 10.4. The average Bonchev–Trinajstić information content (AvgIpc) is 2.76. The third-order valence-corrected chi connectivity index (χ3v) is 4.82. The van der Waals surface area contributed by atoms with E-state index in [0.717, 1.165) is 41.8 Å². The minimum absolute atomic E-state index is 0.228. The molecule has 0 amide bonds. The second-order valence-corrected chi connectivity index (χ2v) is 6.00. The Kier molecular flexibility index (Phi) is 5.42. The molecule has 2 N–H and O–H groups in total. The van der Waals surface area contributed by atoms with Crippen molar-refractivity contribution >= 4 is 15.9 Å². The van der Waals surface area contributed by atoms with E-state index in [-0.39, 0.29) is 12.1 Å². The number of rotatable bonds is 5. The smallest absolute Gasteiger partial charge is 0.0766 e. The first-order valence-corrected chi connectivity index (χ1v) is 8.12. The highest BCUT2D eigenvalue weighted by Gasteiger charge is 2.24.